The van der Waals surface area contributed by atoms with Crippen LogP contribution in [0.15, 0.2) is 24.3 Å². The first-order valence-corrected chi connectivity index (χ1v) is 7.31. The van der Waals surface area contributed by atoms with Gasteiger partial charge in [-0.15, -0.1) is 0 Å². The number of rotatable bonds is 4. The molecule has 1 aromatic carbocycles. The standard InChI is InChI=1S/C13H17F2IN2O/c14-13(15,9-19)12(18-7-5-17-6-8-18)10-1-3-11(16)4-2-10/h1-4,12,17,19H,5-9H2/t12-/m1/s1. The molecule has 0 aliphatic carbocycles. The maximum atomic E-state index is 14.1. The Labute approximate surface area is 125 Å². The van der Waals surface area contributed by atoms with Gasteiger partial charge in [-0.25, -0.2) is 8.78 Å². The van der Waals surface area contributed by atoms with Crippen LogP contribution in [0.1, 0.15) is 11.6 Å². The minimum Gasteiger partial charge on any atom is -0.390 e. The number of alkyl halides is 2. The fourth-order valence-electron chi connectivity index (χ4n) is 2.39. The smallest absolute Gasteiger partial charge is 0.289 e. The molecule has 0 radical (unpaired) electrons. The minimum atomic E-state index is -3.13. The van der Waals surface area contributed by atoms with Crippen LogP contribution in [0.3, 0.4) is 0 Å². The first kappa shape index (κ1) is 15.1. The average molecular weight is 382 g/mol. The van der Waals surface area contributed by atoms with Gasteiger partial charge >= 0.3 is 0 Å². The highest BCUT2D eigenvalue weighted by Gasteiger charge is 2.43. The summed E-state index contributed by atoms with van der Waals surface area (Å²) in [6.45, 7) is 1.39. The summed E-state index contributed by atoms with van der Waals surface area (Å²) in [5.41, 5.74) is 0.557. The van der Waals surface area contributed by atoms with Gasteiger partial charge in [0.05, 0.1) is 0 Å². The van der Waals surface area contributed by atoms with Crippen LogP contribution in [-0.2, 0) is 0 Å². The maximum Gasteiger partial charge on any atom is 0.289 e. The quantitative estimate of drug-likeness (QED) is 0.781. The zero-order chi connectivity index (χ0) is 13.9. The SMILES string of the molecule is OCC(F)(F)[C@@H](c1ccc(I)cc1)N1CCNCC1. The van der Waals surface area contributed by atoms with Crippen LogP contribution < -0.4 is 5.32 Å². The van der Waals surface area contributed by atoms with Crippen LogP contribution in [-0.4, -0.2) is 48.7 Å². The van der Waals surface area contributed by atoms with Crippen molar-refractivity contribution in [2.24, 2.45) is 0 Å². The van der Waals surface area contributed by atoms with Crippen molar-refractivity contribution in [3.63, 3.8) is 0 Å². The molecular formula is C13H17F2IN2O. The monoisotopic (exact) mass is 382 g/mol. The Bertz CT molecular complexity index is 408. The Morgan fingerprint density at radius 1 is 1.26 bits per heavy atom. The van der Waals surface area contributed by atoms with Gasteiger partial charge in [0, 0.05) is 29.7 Å². The molecule has 1 saturated heterocycles. The second-order valence-corrected chi connectivity index (χ2v) is 5.90. The van der Waals surface area contributed by atoms with Crippen LogP contribution in [0.2, 0.25) is 0 Å². The molecule has 106 valence electrons. The first-order valence-electron chi connectivity index (χ1n) is 6.23. The molecule has 0 spiro atoms. The fourth-order valence-corrected chi connectivity index (χ4v) is 2.75. The van der Waals surface area contributed by atoms with E-state index < -0.39 is 18.6 Å². The molecule has 3 nitrogen and oxygen atoms in total. The van der Waals surface area contributed by atoms with Gasteiger partial charge in [0.1, 0.15) is 12.6 Å². The van der Waals surface area contributed by atoms with Gasteiger partial charge < -0.3 is 10.4 Å². The lowest BCUT2D eigenvalue weighted by Crippen LogP contribution is -2.51. The summed E-state index contributed by atoms with van der Waals surface area (Å²) in [6, 6.07) is 6.02. The van der Waals surface area contributed by atoms with E-state index in [1.54, 1.807) is 17.0 Å². The number of hydrogen-bond donors (Lipinski definition) is 2. The van der Waals surface area contributed by atoms with Gasteiger partial charge in [-0.3, -0.25) is 4.90 Å². The number of nitrogens with zero attached hydrogens (tertiary/aromatic N) is 1. The molecule has 0 unspecified atom stereocenters. The van der Waals surface area contributed by atoms with E-state index >= 15 is 0 Å². The summed E-state index contributed by atoms with van der Waals surface area (Å²) in [5.74, 6) is -3.13. The molecule has 2 N–H and O–H groups in total. The minimum absolute atomic E-state index is 0.557. The second-order valence-electron chi connectivity index (χ2n) is 4.66. The summed E-state index contributed by atoms with van der Waals surface area (Å²) >= 11 is 2.14. The van der Waals surface area contributed by atoms with Gasteiger partial charge in [0.25, 0.3) is 5.92 Å². The Balaban J connectivity index is 2.30. The lowest BCUT2D eigenvalue weighted by molar-refractivity contribution is -0.118. The fraction of sp³-hybridized carbons (Fsp3) is 0.538. The molecule has 0 amide bonds. The molecule has 1 fully saturated rings. The molecule has 0 aromatic heterocycles. The van der Waals surface area contributed by atoms with Crippen molar-refractivity contribution in [1.29, 1.82) is 0 Å². The highest BCUT2D eigenvalue weighted by atomic mass is 127. The third-order valence-electron chi connectivity index (χ3n) is 3.31. The maximum absolute atomic E-state index is 14.1. The van der Waals surface area contributed by atoms with Crippen LogP contribution in [0.5, 0.6) is 0 Å². The first-order chi connectivity index (χ1) is 9.04. The number of aliphatic hydroxyl groups is 1. The molecule has 2 rings (SSSR count). The molecule has 1 atom stereocenters. The van der Waals surface area contributed by atoms with Gasteiger partial charge in [-0.2, -0.15) is 0 Å². The summed E-state index contributed by atoms with van der Waals surface area (Å²) in [5, 5.41) is 12.2. The number of nitrogens with one attached hydrogen (secondary N) is 1. The Morgan fingerprint density at radius 2 is 1.84 bits per heavy atom. The van der Waals surface area contributed by atoms with Crippen molar-refractivity contribution in [2.45, 2.75) is 12.0 Å². The van der Waals surface area contributed by atoms with Gasteiger partial charge in [-0.1, -0.05) is 12.1 Å². The summed E-state index contributed by atoms with van der Waals surface area (Å²) < 4.78 is 29.2. The van der Waals surface area contributed by atoms with E-state index in [4.69, 9.17) is 5.11 Å². The predicted octanol–water partition coefficient (Wildman–Crippen LogP) is 1.87. The van der Waals surface area contributed by atoms with E-state index in [1.165, 1.54) is 0 Å². The number of benzene rings is 1. The van der Waals surface area contributed by atoms with E-state index in [9.17, 15) is 8.78 Å². The van der Waals surface area contributed by atoms with E-state index in [0.717, 1.165) is 3.57 Å². The largest absolute Gasteiger partial charge is 0.390 e. The van der Waals surface area contributed by atoms with E-state index in [1.807, 2.05) is 12.1 Å². The van der Waals surface area contributed by atoms with Crippen LogP contribution in [0, 0.1) is 3.57 Å². The van der Waals surface area contributed by atoms with Crippen molar-refractivity contribution >= 4 is 22.6 Å². The summed E-state index contributed by atoms with van der Waals surface area (Å²) in [7, 11) is 0. The molecule has 0 bridgehead atoms. The van der Waals surface area contributed by atoms with Crippen LogP contribution >= 0.6 is 22.6 Å². The van der Waals surface area contributed by atoms with Crippen LogP contribution in [0.4, 0.5) is 8.78 Å². The van der Waals surface area contributed by atoms with Gasteiger partial charge in [-0.05, 0) is 40.3 Å². The Hall–Kier alpha value is -0.310. The van der Waals surface area contributed by atoms with Crippen molar-refractivity contribution in [2.75, 3.05) is 32.8 Å². The summed E-state index contributed by atoms with van der Waals surface area (Å²) in [6.07, 6.45) is 0. The summed E-state index contributed by atoms with van der Waals surface area (Å²) in [4.78, 5) is 1.74. The number of halogens is 3. The third kappa shape index (κ3) is 3.62. The average Bonchev–Trinajstić information content (AvgIpc) is 2.42. The molecule has 0 saturated carbocycles. The highest BCUT2D eigenvalue weighted by Crippen LogP contribution is 2.36. The van der Waals surface area contributed by atoms with E-state index in [0.29, 0.717) is 31.7 Å². The number of hydrogen-bond acceptors (Lipinski definition) is 3. The number of aliphatic hydroxyl groups excluding tert-OH is 1. The second kappa shape index (κ2) is 6.43. The molecule has 1 aliphatic heterocycles. The van der Waals surface area contributed by atoms with Gasteiger partial charge in [0.2, 0.25) is 0 Å². The van der Waals surface area contributed by atoms with Gasteiger partial charge in [0.15, 0.2) is 0 Å². The Morgan fingerprint density at radius 3 is 2.37 bits per heavy atom. The lowest BCUT2D eigenvalue weighted by atomic mass is 9.98. The van der Waals surface area contributed by atoms with Crippen molar-refractivity contribution < 1.29 is 13.9 Å². The molecule has 1 heterocycles. The van der Waals surface area contributed by atoms with Crippen molar-refractivity contribution in [3.05, 3.63) is 33.4 Å². The van der Waals surface area contributed by atoms with E-state index in [2.05, 4.69) is 27.9 Å². The lowest BCUT2D eigenvalue weighted by Gasteiger charge is -2.38. The third-order valence-corrected chi connectivity index (χ3v) is 4.03. The molecule has 1 aromatic rings. The normalized spacial score (nSPS) is 19.4. The molecule has 1 aliphatic rings. The van der Waals surface area contributed by atoms with Crippen molar-refractivity contribution in [3.8, 4) is 0 Å². The topological polar surface area (TPSA) is 35.5 Å². The molecule has 19 heavy (non-hydrogen) atoms. The molecule has 6 heteroatoms. The Kier molecular flexibility index (Phi) is 5.10. The highest BCUT2D eigenvalue weighted by molar-refractivity contribution is 14.1. The zero-order valence-electron chi connectivity index (χ0n) is 10.5. The predicted molar refractivity (Wildman–Crippen MR) is 78.4 cm³/mol. The van der Waals surface area contributed by atoms with Crippen LogP contribution in [0.25, 0.3) is 0 Å². The van der Waals surface area contributed by atoms with Crippen molar-refractivity contribution in [1.82, 2.24) is 10.2 Å². The van der Waals surface area contributed by atoms with E-state index in [-0.39, 0.29) is 0 Å². The zero-order valence-corrected chi connectivity index (χ0v) is 12.6. The number of piperazine rings is 1. The molecular weight excluding hydrogens is 365 g/mol.